The molecule has 0 aliphatic heterocycles. The fraction of sp³-hybridized carbons (Fsp3) is 0.273. The molecule has 0 amide bonds. The molecule has 0 bridgehead atoms. The van der Waals surface area contributed by atoms with Crippen molar-refractivity contribution in [3.63, 3.8) is 0 Å². The molecule has 0 N–H and O–H groups in total. The Bertz CT molecular complexity index is 622. The number of carbonyl (C=O) groups excluding carboxylic acids is 1. The monoisotopic (exact) mass is 304 g/mol. The maximum absolute atomic E-state index is 12.3. The molecular weight excluding hydrogens is 297 g/mol. The Kier molecular flexibility index (Phi) is 4.70. The molecule has 0 saturated heterocycles. The van der Waals surface area contributed by atoms with Crippen LogP contribution in [0.3, 0.4) is 0 Å². The normalized spacial score (nSPS) is 10.6. The SMILES string of the molecule is CCOC(=O)c1c(C#N)cc([N+](=O)[O-])cc1OC(F)(F)F. The number of hydrogen-bond acceptors (Lipinski definition) is 6. The van der Waals surface area contributed by atoms with Crippen molar-refractivity contribution in [2.45, 2.75) is 13.3 Å². The lowest BCUT2D eigenvalue weighted by atomic mass is 10.1. The largest absolute Gasteiger partial charge is 0.573 e. The Labute approximate surface area is 115 Å². The van der Waals surface area contributed by atoms with Gasteiger partial charge in [-0.15, -0.1) is 13.2 Å². The first-order chi connectivity index (χ1) is 9.69. The summed E-state index contributed by atoms with van der Waals surface area (Å²) in [6.45, 7) is 1.24. The highest BCUT2D eigenvalue weighted by Gasteiger charge is 2.35. The topological polar surface area (TPSA) is 102 Å². The van der Waals surface area contributed by atoms with Crippen LogP contribution in [-0.2, 0) is 4.74 Å². The fourth-order valence-corrected chi connectivity index (χ4v) is 1.41. The number of non-ortho nitro benzene ring substituents is 1. The lowest BCUT2D eigenvalue weighted by Crippen LogP contribution is -2.20. The Morgan fingerprint density at radius 3 is 2.52 bits per heavy atom. The van der Waals surface area contributed by atoms with Crippen molar-refractivity contribution in [2.75, 3.05) is 6.61 Å². The first kappa shape index (κ1) is 16.2. The smallest absolute Gasteiger partial charge is 0.462 e. The van der Waals surface area contributed by atoms with Crippen LogP contribution in [0.4, 0.5) is 18.9 Å². The van der Waals surface area contributed by atoms with Gasteiger partial charge in [-0.1, -0.05) is 0 Å². The maximum atomic E-state index is 12.3. The summed E-state index contributed by atoms with van der Waals surface area (Å²) in [5.41, 5.74) is -2.29. The average Bonchev–Trinajstić information content (AvgIpc) is 2.35. The third kappa shape index (κ3) is 4.07. The fourth-order valence-electron chi connectivity index (χ4n) is 1.41. The van der Waals surface area contributed by atoms with Crippen LogP contribution in [0.25, 0.3) is 0 Å². The van der Waals surface area contributed by atoms with Gasteiger partial charge in [0, 0.05) is 6.07 Å². The van der Waals surface area contributed by atoms with Gasteiger partial charge < -0.3 is 9.47 Å². The Morgan fingerprint density at radius 2 is 2.10 bits per heavy atom. The quantitative estimate of drug-likeness (QED) is 0.481. The summed E-state index contributed by atoms with van der Waals surface area (Å²) >= 11 is 0. The lowest BCUT2D eigenvalue weighted by Gasteiger charge is -2.13. The number of esters is 1. The van der Waals surface area contributed by atoms with Crippen molar-refractivity contribution in [3.8, 4) is 11.8 Å². The number of nitrogens with zero attached hydrogens (tertiary/aromatic N) is 2. The second-order valence-electron chi connectivity index (χ2n) is 3.50. The summed E-state index contributed by atoms with van der Waals surface area (Å²) in [7, 11) is 0. The molecule has 0 radical (unpaired) electrons. The van der Waals surface area contributed by atoms with Gasteiger partial charge in [0.05, 0.1) is 23.2 Å². The standard InChI is InChI=1S/C11H7F3N2O5/c1-2-20-10(17)9-6(5-15)3-7(16(18)19)4-8(9)21-11(12,13)14/h3-4H,2H2,1H3. The third-order valence-corrected chi connectivity index (χ3v) is 2.12. The van der Waals surface area contributed by atoms with E-state index in [1.807, 2.05) is 0 Å². The van der Waals surface area contributed by atoms with E-state index in [-0.39, 0.29) is 6.61 Å². The number of carbonyl (C=O) groups is 1. The Morgan fingerprint density at radius 1 is 1.48 bits per heavy atom. The molecule has 1 aromatic rings. The van der Waals surface area contributed by atoms with Crippen molar-refractivity contribution in [2.24, 2.45) is 0 Å². The van der Waals surface area contributed by atoms with E-state index in [0.29, 0.717) is 12.1 Å². The molecule has 1 aromatic carbocycles. The summed E-state index contributed by atoms with van der Waals surface area (Å²) in [4.78, 5) is 21.2. The van der Waals surface area contributed by atoms with E-state index >= 15 is 0 Å². The molecule has 0 fully saturated rings. The molecule has 0 saturated carbocycles. The molecule has 10 heteroatoms. The number of halogens is 3. The molecule has 0 spiro atoms. The van der Waals surface area contributed by atoms with Crippen LogP contribution in [0.15, 0.2) is 12.1 Å². The number of alkyl halides is 3. The number of ether oxygens (including phenoxy) is 2. The predicted molar refractivity (Wildman–Crippen MR) is 60.5 cm³/mol. The maximum Gasteiger partial charge on any atom is 0.573 e. The zero-order valence-electron chi connectivity index (χ0n) is 10.4. The number of nitro groups is 1. The lowest BCUT2D eigenvalue weighted by molar-refractivity contribution is -0.385. The minimum atomic E-state index is -5.19. The molecule has 0 atom stereocenters. The van der Waals surface area contributed by atoms with Gasteiger partial charge in [0.25, 0.3) is 5.69 Å². The van der Waals surface area contributed by atoms with Crippen LogP contribution < -0.4 is 4.74 Å². The first-order valence-corrected chi connectivity index (χ1v) is 5.35. The minimum absolute atomic E-state index is 0.161. The molecule has 0 heterocycles. The van der Waals surface area contributed by atoms with Gasteiger partial charge >= 0.3 is 12.3 Å². The van der Waals surface area contributed by atoms with Crippen molar-refractivity contribution >= 4 is 11.7 Å². The van der Waals surface area contributed by atoms with Crippen molar-refractivity contribution in [1.82, 2.24) is 0 Å². The second kappa shape index (κ2) is 6.08. The van der Waals surface area contributed by atoms with E-state index in [1.54, 1.807) is 0 Å². The number of benzene rings is 1. The first-order valence-electron chi connectivity index (χ1n) is 5.35. The van der Waals surface area contributed by atoms with E-state index in [9.17, 15) is 28.1 Å². The zero-order valence-corrected chi connectivity index (χ0v) is 10.4. The Hall–Kier alpha value is -2.83. The van der Waals surface area contributed by atoms with Crippen LogP contribution in [-0.4, -0.2) is 23.9 Å². The molecule has 1 rings (SSSR count). The number of nitro benzene ring substituents is 1. The van der Waals surface area contributed by atoms with Gasteiger partial charge in [0.1, 0.15) is 11.6 Å². The van der Waals surface area contributed by atoms with E-state index in [1.165, 1.54) is 13.0 Å². The summed E-state index contributed by atoms with van der Waals surface area (Å²) in [5, 5.41) is 19.5. The zero-order chi connectivity index (χ0) is 16.2. The van der Waals surface area contributed by atoms with Crippen LogP contribution in [0, 0.1) is 21.4 Å². The molecule has 0 aliphatic rings. The molecule has 0 aromatic heterocycles. The molecule has 0 aliphatic carbocycles. The van der Waals surface area contributed by atoms with Gasteiger partial charge in [0.2, 0.25) is 0 Å². The molecule has 21 heavy (non-hydrogen) atoms. The van der Waals surface area contributed by atoms with Crippen molar-refractivity contribution in [1.29, 1.82) is 5.26 Å². The molecule has 112 valence electrons. The van der Waals surface area contributed by atoms with Crippen LogP contribution in [0.1, 0.15) is 22.8 Å². The summed E-state index contributed by atoms with van der Waals surface area (Å²) in [6, 6.07) is 2.47. The predicted octanol–water partition coefficient (Wildman–Crippen LogP) is 2.54. The van der Waals surface area contributed by atoms with Crippen LogP contribution in [0.5, 0.6) is 5.75 Å². The van der Waals surface area contributed by atoms with Crippen LogP contribution in [0.2, 0.25) is 0 Å². The average molecular weight is 304 g/mol. The van der Waals surface area contributed by atoms with Gasteiger partial charge in [-0.2, -0.15) is 5.26 Å². The highest BCUT2D eigenvalue weighted by atomic mass is 19.4. The van der Waals surface area contributed by atoms with Gasteiger partial charge in [-0.3, -0.25) is 10.1 Å². The molecule has 0 unspecified atom stereocenters. The van der Waals surface area contributed by atoms with E-state index < -0.39 is 39.8 Å². The van der Waals surface area contributed by atoms with E-state index in [2.05, 4.69) is 9.47 Å². The summed E-state index contributed by atoms with van der Waals surface area (Å²) in [5.74, 6) is -2.41. The van der Waals surface area contributed by atoms with Gasteiger partial charge in [-0.25, -0.2) is 4.79 Å². The van der Waals surface area contributed by atoms with E-state index in [0.717, 1.165) is 0 Å². The Balaban J connectivity index is 3.53. The van der Waals surface area contributed by atoms with Crippen molar-refractivity contribution < 1.29 is 32.4 Å². The van der Waals surface area contributed by atoms with Crippen molar-refractivity contribution in [3.05, 3.63) is 33.4 Å². The minimum Gasteiger partial charge on any atom is -0.462 e. The molecule has 7 nitrogen and oxygen atoms in total. The highest BCUT2D eigenvalue weighted by molar-refractivity contribution is 5.96. The highest BCUT2D eigenvalue weighted by Crippen LogP contribution is 2.33. The number of nitriles is 1. The number of hydrogen-bond donors (Lipinski definition) is 0. The van der Waals surface area contributed by atoms with Gasteiger partial charge in [0.15, 0.2) is 5.75 Å². The number of rotatable bonds is 4. The summed E-state index contributed by atoms with van der Waals surface area (Å²) in [6.07, 6.45) is -5.19. The second-order valence-corrected chi connectivity index (χ2v) is 3.50. The van der Waals surface area contributed by atoms with Gasteiger partial charge in [-0.05, 0) is 6.92 Å². The third-order valence-electron chi connectivity index (χ3n) is 2.12. The molecular formula is C11H7F3N2O5. The van der Waals surface area contributed by atoms with E-state index in [4.69, 9.17) is 5.26 Å². The van der Waals surface area contributed by atoms with Crippen LogP contribution >= 0.6 is 0 Å². The summed E-state index contributed by atoms with van der Waals surface area (Å²) < 4.78 is 45.0.